The molecule has 1 atom stereocenters. The Bertz CT molecular complexity index is 61.8. The van der Waals surface area contributed by atoms with Crippen LogP contribution in [0.15, 0.2) is 0 Å². The average Bonchev–Trinajstić information content (AvgIpc) is 1.89. The number of hydrazine groups is 1. The highest BCUT2D eigenvalue weighted by Crippen LogP contribution is 1.86. The maximum atomic E-state index is 8.81. The first-order valence-corrected chi connectivity index (χ1v) is 2.76. The van der Waals surface area contributed by atoms with E-state index in [0.29, 0.717) is 13.0 Å². The number of nitrogens with one attached hydrogen (secondary N) is 1. The van der Waals surface area contributed by atoms with Gasteiger partial charge in [0.15, 0.2) is 0 Å². The summed E-state index contributed by atoms with van der Waals surface area (Å²) in [4.78, 5) is 4.52. The molecule has 9 heavy (non-hydrogen) atoms. The van der Waals surface area contributed by atoms with Crippen molar-refractivity contribution in [2.75, 3.05) is 13.2 Å². The van der Waals surface area contributed by atoms with Crippen molar-refractivity contribution in [2.45, 2.75) is 12.5 Å². The smallest absolute Gasteiger partial charge is 0.0723 e. The summed E-state index contributed by atoms with van der Waals surface area (Å²) in [6.45, 7) is 0.628. The van der Waals surface area contributed by atoms with Crippen LogP contribution in [-0.4, -0.2) is 24.4 Å². The minimum atomic E-state index is -0.488. The Kier molecular flexibility index (Phi) is 5.80. The number of hydrogen-bond donors (Lipinski definition) is 4. The molecular formula is C4H13N3O2. The van der Waals surface area contributed by atoms with E-state index < -0.39 is 6.10 Å². The van der Waals surface area contributed by atoms with Crippen molar-refractivity contribution in [3.05, 3.63) is 0 Å². The number of nitrogens with two attached hydrogens (primary N) is 2. The van der Waals surface area contributed by atoms with Crippen LogP contribution in [0, 0.1) is 0 Å². The number of aliphatic hydroxyl groups excluding tert-OH is 1. The normalized spacial score (nSPS) is 13.7. The highest BCUT2D eigenvalue weighted by Gasteiger charge is 1.98. The van der Waals surface area contributed by atoms with E-state index in [-0.39, 0.29) is 6.54 Å². The SMILES string of the molecule is NCC(O)CCONN. The maximum absolute atomic E-state index is 8.81. The zero-order valence-corrected chi connectivity index (χ0v) is 5.21. The first-order chi connectivity index (χ1) is 4.31. The van der Waals surface area contributed by atoms with E-state index in [1.807, 2.05) is 5.59 Å². The van der Waals surface area contributed by atoms with Crippen LogP contribution in [0.25, 0.3) is 0 Å². The van der Waals surface area contributed by atoms with Crippen LogP contribution in [0.3, 0.4) is 0 Å². The van der Waals surface area contributed by atoms with Gasteiger partial charge in [-0.05, 0) is 6.42 Å². The van der Waals surface area contributed by atoms with Gasteiger partial charge < -0.3 is 10.8 Å². The van der Waals surface area contributed by atoms with Gasteiger partial charge in [-0.3, -0.25) is 4.84 Å². The third kappa shape index (κ3) is 5.67. The Hall–Kier alpha value is -0.200. The summed E-state index contributed by atoms with van der Waals surface area (Å²) >= 11 is 0. The largest absolute Gasteiger partial charge is 0.392 e. The van der Waals surface area contributed by atoms with Crippen molar-refractivity contribution in [3.63, 3.8) is 0 Å². The second-order valence-electron chi connectivity index (χ2n) is 1.64. The van der Waals surface area contributed by atoms with E-state index in [1.165, 1.54) is 0 Å². The first kappa shape index (κ1) is 8.80. The number of aliphatic hydroxyl groups is 1. The molecule has 1 unspecified atom stereocenters. The summed E-state index contributed by atoms with van der Waals surface area (Å²) in [6, 6.07) is 0. The van der Waals surface area contributed by atoms with Crippen LogP contribution in [0.2, 0.25) is 0 Å². The molecule has 0 radical (unpaired) electrons. The standard InChI is InChI=1S/C4H13N3O2/c5-3-4(8)1-2-9-7-6/h4,7-8H,1-3,5-6H2. The molecule has 0 saturated heterocycles. The Balaban J connectivity index is 2.88. The Morgan fingerprint density at radius 1 is 1.67 bits per heavy atom. The third-order valence-corrected chi connectivity index (χ3v) is 0.909. The van der Waals surface area contributed by atoms with Crippen molar-refractivity contribution in [3.8, 4) is 0 Å². The molecule has 0 aromatic rings. The highest BCUT2D eigenvalue weighted by atomic mass is 16.7. The maximum Gasteiger partial charge on any atom is 0.0723 e. The van der Waals surface area contributed by atoms with Gasteiger partial charge in [0.25, 0.3) is 0 Å². The van der Waals surface area contributed by atoms with Gasteiger partial charge >= 0.3 is 0 Å². The molecular weight excluding hydrogens is 122 g/mol. The molecule has 0 rings (SSSR count). The van der Waals surface area contributed by atoms with E-state index in [0.717, 1.165) is 0 Å². The van der Waals surface area contributed by atoms with Crippen LogP contribution in [-0.2, 0) is 4.84 Å². The molecule has 5 nitrogen and oxygen atoms in total. The van der Waals surface area contributed by atoms with Gasteiger partial charge in [0.1, 0.15) is 0 Å². The molecule has 0 aromatic heterocycles. The van der Waals surface area contributed by atoms with Gasteiger partial charge in [-0.25, -0.2) is 5.84 Å². The van der Waals surface area contributed by atoms with Crippen molar-refractivity contribution in [1.82, 2.24) is 5.59 Å². The predicted molar refractivity (Wildman–Crippen MR) is 33.0 cm³/mol. The molecule has 0 fully saturated rings. The lowest BCUT2D eigenvalue weighted by molar-refractivity contribution is 0.0191. The predicted octanol–water partition coefficient (Wildman–Crippen LogP) is -1.91. The number of rotatable bonds is 5. The van der Waals surface area contributed by atoms with Crippen LogP contribution in [0.1, 0.15) is 6.42 Å². The van der Waals surface area contributed by atoms with Gasteiger partial charge in [0, 0.05) is 6.54 Å². The fraction of sp³-hybridized carbons (Fsp3) is 1.00. The van der Waals surface area contributed by atoms with E-state index >= 15 is 0 Å². The molecule has 0 spiro atoms. The van der Waals surface area contributed by atoms with E-state index in [2.05, 4.69) is 4.84 Å². The lowest BCUT2D eigenvalue weighted by atomic mass is 10.3. The molecule has 5 heteroatoms. The molecule has 56 valence electrons. The van der Waals surface area contributed by atoms with Crippen LogP contribution < -0.4 is 17.2 Å². The van der Waals surface area contributed by atoms with Crippen LogP contribution in [0.4, 0.5) is 0 Å². The average molecular weight is 135 g/mol. The van der Waals surface area contributed by atoms with Gasteiger partial charge in [-0.15, -0.1) is 5.59 Å². The van der Waals surface area contributed by atoms with Crippen LogP contribution >= 0.6 is 0 Å². The van der Waals surface area contributed by atoms with E-state index in [4.69, 9.17) is 16.7 Å². The zero-order valence-electron chi connectivity index (χ0n) is 5.21. The molecule has 0 aliphatic heterocycles. The Morgan fingerprint density at radius 2 is 2.33 bits per heavy atom. The minimum absolute atomic E-state index is 0.258. The molecule has 0 aromatic carbocycles. The Labute approximate surface area is 53.9 Å². The summed E-state index contributed by atoms with van der Waals surface area (Å²) in [6.07, 6.45) is 0.0131. The second-order valence-corrected chi connectivity index (χ2v) is 1.64. The first-order valence-electron chi connectivity index (χ1n) is 2.76. The molecule has 0 aliphatic carbocycles. The molecule has 0 bridgehead atoms. The van der Waals surface area contributed by atoms with Gasteiger partial charge in [-0.1, -0.05) is 0 Å². The van der Waals surface area contributed by atoms with Crippen molar-refractivity contribution < 1.29 is 9.94 Å². The molecule has 0 saturated carbocycles. The monoisotopic (exact) mass is 135 g/mol. The number of hydrogen-bond acceptors (Lipinski definition) is 5. The molecule has 0 amide bonds. The van der Waals surface area contributed by atoms with Crippen molar-refractivity contribution >= 4 is 0 Å². The fourth-order valence-electron chi connectivity index (χ4n) is 0.372. The second kappa shape index (κ2) is 5.93. The minimum Gasteiger partial charge on any atom is -0.392 e. The summed E-state index contributed by atoms with van der Waals surface area (Å²) in [5.74, 6) is 4.77. The van der Waals surface area contributed by atoms with E-state index in [9.17, 15) is 0 Å². The lowest BCUT2D eigenvalue weighted by Crippen LogP contribution is -2.26. The zero-order chi connectivity index (χ0) is 7.11. The van der Waals surface area contributed by atoms with Crippen molar-refractivity contribution in [2.24, 2.45) is 11.6 Å². The van der Waals surface area contributed by atoms with Gasteiger partial charge in [0.2, 0.25) is 0 Å². The summed E-state index contributed by atoms with van der Waals surface area (Å²) in [5, 5.41) is 8.81. The molecule has 0 aliphatic rings. The Morgan fingerprint density at radius 3 is 2.78 bits per heavy atom. The van der Waals surface area contributed by atoms with Crippen molar-refractivity contribution in [1.29, 1.82) is 0 Å². The van der Waals surface area contributed by atoms with Gasteiger partial charge in [-0.2, -0.15) is 0 Å². The molecule has 0 heterocycles. The molecule has 6 N–H and O–H groups in total. The highest BCUT2D eigenvalue weighted by molar-refractivity contribution is 4.52. The lowest BCUT2D eigenvalue weighted by Gasteiger charge is -2.05. The van der Waals surface area contributed by atoms with Crippen LogP contribution in [0.5, 0.6) is 0 Å². The third-order valence-electron chi connectivity index (χ3n) is 0.909. The quantitative estimate of drug-likeness (QED) is 0.200. The summed E-state index contributed by atoms with van der Waals surface area (Å²) < 4.78 is 0. The van der Waals surface area contributed by atoms with E-state index in [1.54, 1.807) is 0 Å². The fourth-order valence-corrected chi connectivity index (χ4v) is 0.372. The van der Waals surface area contributed by atoms with Gasteiger partial charge in [0.05, 0.1) is 12.7 Å². The summed E-state index contributed by atoms with van der Waals surface area (Å²) in [7, 11) is 0. The topological polar surface area (TPSA) is 93.5 Å². The summed E-state index contributed by atoms with van der Waals surface area (Å²) in [5.41, 5.74) is 7.09.